The van der Waals surface area contributed by atoms with Gasteiger partial charge in [0.15, 0.2) is 11.5 Å². The average Bonchev–Trinajstić information content (AvgIpc) is 3.36. The van der Waals surface area contributed by atoms with E-state index in [-0.39, 0.29) is 6.79 Å². The minimum atomic E-state index is -1.82. The topological polar surface area (TPSA) is 115 Å². The highest BCUT2D eigenvalue weighted by atomic mass is 16.7. The van der Waals surface area contributed by atoms with Crippen LogP contribution in [-0.2, 0) is 9.59 Å². The smallest absolute Gasteiger partial charge is 0.414 e. The number of hydrogen-bond donors (Lipinski definition) is 2. The molecule has 2 aromatic rings. The number of aliphatic carboxylic acids is 2. The second-order valence-corrected chi connectivity index (χ2v) is 8.87. The predicted octanol–water partition coefficient (Wildman–Crippen LogP) is 4.25. The number of piperidine rings is 1. The second kappa shape index (κ2) is 13.6. The zero-order chi connectivity index (χ0) is 25.9. The van der Waals surface area contributed by atoms with Gasteiger partial charge in [0.25, 0.3) is 0 Å². The Morgan fingerprint density at radius 2 is 1.69 bits per heavy atom. The molecule has 2 aromatic carbocycles. The standard InChI is InChI=1S/C25H33NO4.C2H2O4/c1-3-4-5-13-26-14-12-23(19-6-8-21(27-2)9-7-19)20(16-26)17-28-22-10-11-24-25(15-22)30-18-29-24;3-1(4)2(5)6/h6-11,15,20,23H,3-5,12-14,16-18H2,1-2H3;(H,3,4)(H,5,6)/t20-,23-;/m0./s1. The van der Waals surface area contributed by atoms with Crippen molar-refractivity contribution < 1.29 is 38.7 Å². The molecule has 2 atom stereocenters. The molecular formula is C27H35NO8. The molecule has 0 saturated carbocycles. The Morgan fingerprint density at radius 3 is 2.36 bits per heavy atom. The lowest BCUT2D eigenvalue weighted by Crippen LogP contribution is -2.42. The van der Waals surface area contributed by atoms with Crippen LogP contribution in [-0.4, -0.2) is 67.2 Å². The number of ether oxygens (including phenoxy) is 4. The van der Waals surface area contributed by atoms with Gasteiger partial charge in [-0.25, -0.2) is 9.59 Å². The van der Waals surface area contributed by atoms with Gasteiger partial charge in [0.05, 0.1) is 13.7 Å². The monoisotopic (exact) mass is 501 g/mol. The average molecular weight is 502 g/mol. The molecule has 0 spiro atoms. The lowest BCUT2D eigenvalue weighted by Gasteiger charge is -2.39. The van der Waals surface area contributed by atoms with Crippen LogP contribution in [0, 0.1) is 5.92 Å². The number of fused-ring (bicyclic) bond motifs is 1. The number of likely N-dealkylation sites (tertiary alicyclic amines) is 1. The summed E-state index contributed by atoms with van der Waals surface area (Å²) < 4.78 is 22.5. The Labute approximate surface area is 211 Å². The molecule has 2 heterocycles. The highest BCUT2D eigenvalue weighted by molar-refractivity contribution is 6.27. The summed E-state index contributed by atoms with van der Waals surface area (Å²) in [5.74, 6) is 0.596. The minimum absolute atomic E-state index is 0.285. The first-order valence-electron chi connectivity index (χ1n) is 12.3. The Balaban J connectivity index is 0.000000538. The van der Waals surface area contributed by atoms with Gasteiger partial charge in [-0.05, 0) is 61.7 Å². The van der Waals surface area contributed by atoms with Gasteiger partial charge in [-0.3, -0.25) is 0 Å². The number of unbranched alkanes of at least 4 members (excludes halogenated alkanes) is 2. The van der Waals surface area contributed by atoms with E-state index in [4.69, 9.17) is 38.7 Å². The van der Waals surface area contributed by atoms with E-state index in [0.717, 1.165) is 42.5 Å². The van der Waals surface area contributed by atoms with Crippen molar-refractivity contribution in [2.75, 3.05) is 40.1 Å². The first-order chi connectivity index (χ1) is 17.4. The molecule has 1 fully saturated rings. The summed E-state index contributed by atoms with van der Waals surface area (Å²) >= 11 is 0. The van der Waals surface area contributed by atoms with Crippen LogP contribution in [0.1, 0.15) is 44.1 Å². The molecule has 0 amide bonds. The number of nitrogens with zero attached hydrogens (tertiary/aromatic N) is 1. The third-order valence-corrected chi connectivity index (χ3v) is 6.43. The summed E-state index contributed by atoms with van der Waals surface area (Å²) in [4.78, 5) is 20.8. The summed E-state index contributed by atoms with van der Waals surface area (Å²) in [6.07, 6.45) is 5.00. The van der Waals surface area contributed by atoms with Crippen LogP contribution in [0.5, 0.6) is 23.0 Å². The van der Waals surface area contributed by atoms with Crippen molar-refractivity contribution in [1.82, 2.24) is 4.90 Å². The molecule has 9 nitrogen and oxygen atoms in total. The zero-order valence-electron chi connectivity index (χ0n) is 20.9. The molecule has 0 aliphatic carbocycles. The van der Waals surface area contributed by atoms with Crippen LogP contribution in [0.4, 0.5) is 0 Å². The van der Waals surface area contributed by atoms with Crippen molar-refractivity contribution in [1.29, 1.82) is 0 Å². The van der Waals surface area contributed by atoms with E-state index >= 15 is 0 Å². The molecule has 0 aromatic heterocycles. The van der Waals surface area contributed by atoms with Crippen molar-refractivity contribution in [3.05, 3.63) is 48.0 Å². The van der Waals surface area contributed by atoms with Gasteiger partial charge in [-0.2, -0.15) is 0 Å². The van der Waals surface area contributed by atoms with Crippen molar-refractivity contribution in [2.45, 2.75) is 38.5 Å². The molecule has 9 heteroatoms. The van der Waals surface area contributed by atoms with E-state index in [0.29, 0.717) is 18.4 Å². The fourth-order valence-corrected chi connectivity index (χ4v) is 4.52. The Morgan fingerprint density at radius 1 is 1.00 bits per heavy atom. The van der Waals surface area contributed by atoms with Gasteiger partial charge in [0.1, 0.15) is 11.5 Å². The number of methoxy groups -OCH3 is 1. The number of benzene rings is 2. The number of carboxylic acids is 2. The summed E-state index contributed by atoms with van der Waals surface area (Å²) in [6.45, 7) is 6.65. The van der Waals surface area contributed by atoms with E-state index in [1.807, 2.05) is 18.2 Å². The summed E-state index contributed by atoms with van der Waals surface area (Å²) in [6, 6.07) is 14.4. The van der Waals surface area contributed by atoms with Crippen LogP contribution in [0.15, 0.2) is 42.5 Å². The van der Waals surface area contributed by atoms with Crippen molar-refractivity contribution in [3.63, 3.8) is 0 Å². The fourth-order valence-electron chi connectivity index (χ4n) is 4.52. The SMILES string of the molecule is CCCCCN1CC[C@@H](c2ccc(OC)cc2)[C@H](COc2ccc3c(c2)OCO3)C1.O=C(O)C(=O)O. The number of carboxylic acid groups (broad SMARTS) is 2. The van der Waals surface area contributed by atoms with Crippen LogP contribution in [0.2, 0.25) is 0 Å². The molecular weight excluding hydrogens is 466 g/mol. The van der Waals surface area contributed by atoms with E-state index in [2.05, 4.69) is 36.1 Å². The molecule has 0 unspecified atom stereocenters. The lowest BCUT2D eigenvalue weighted by atomic mass is 9.80. The summed E-state index contributed by atoms with van der Waals surface area (Å²) in [7, 11) is 1.71. The van der Waals surface area contributed by atoms with Crippen molar-refractivity contribution in [2.24, 2.45) is 5.92 Å². The van der Waals surface area contributed by atoms with Crippen molar-refractivity contribution >= 4 is 11.9 Å². The maximum atomic E-state index is 9.10. The van der Waals surface area contributed by atoms with E-state index in [9.17, 15) is 0 Å². The molecule has 0 bridgehead atoms. The summed E-state index contributed by atoms with van der Waals surface area (Å²) in [5, 5.41) is 14.8. The van der Waals surface area contributed by atoms with Crippen LogP contribution < -0.4 is 18.9 Å². The minimum Gasteiger partial charge on any atom is -0.497 e. The number of hydrogen-bond acceptors (Lipinski definition) is 7. The molecule has 2 N–H and O–H groups in total. The van der Waals surface area contributed by atoms with Crippen LogP contribution >= 0.6 is 0 Å². The lowest BCUT2D eigenvalue weighted by molar-refractivity contribution is -0.159. The molecule has 196 valence electrons. The van der Waals surface area contributed by atoms with Crippen LogP contribution in [0.25, 0.3) is 0 Å². The normalized spacial score (nSPS) is 18.6. The van der Waals surface area contributed by atoms with Crippen LogP contribution in [0.3, 0.4) is 0 Å². The van der Waals surface area contributed by atoms with Gasteiger partial charge < -0.3 is 34.1 Å². The van der Waals surface area contributed by atoms with Gasteiger partial charge in [-0.15, -0.1) is 0 Å². The molecule has 1 saturated heterocycles. The highest BCUT2D eigenvalue weighted by Gasteiger charge is 2.31. The van der Waals surface area contributed by atoms with E-state index in [1.54, 1.807) is 7.11 Å². The first-order valence-corrected chi connectivity index (χ1v) is 12.3. The molecule has 4 rings (SSSR count). The second-order valence-electron chi connectivity index (χ2n) is 8.87. The molecule has 36 heavy (non-hydrogen) atoms. The predicted molar refractivity (Wildman–Crippen MR) is 133 cm³/mol. The largest absolute Gasteiger partial charge is 0.497 e. The highest BCUT2D eigenvalue weighted by Crippen LogP contribution is 2.37. The zero-order valence-corrected chi connectivity index (χ0v) is 20.9. The van der Waals surface area contributed by atoms with E-state index in [1.165, 1.54) is 31.4 Å². The Kier molecular flexibility index (Phi) is 10.2. The fraction of sp³-hybridized carbons (Fsp3) is 0.481. The number of carbonyl (C=O) groups is 2. The third-order valence-electron chi connectivity index (χ3n) is 6.43. The Hall–Kier alpha value is -3.46. The molecule has 2 aliphatic rings. The van der Waals surface area contributed by atoms with Gasteiger partial charge in [0.2, 0.25) is 6.79 Å². The maximum Gasteiger partial charge on any atom is 0.414 e. The maximum absolute atomic E-state index is 9.10. The van der Waals surface area contributed by atoms with Gasteiger partial charge in [0, 0.05) is 18.5 Å². The van der Waals surface area contributed by atoms with Crippen molar-refractivity contribution in [3.8, 4) is 23.0 Å². The number of rotatable bonds is 9. The Bertz CT molecular complexity index is 982. The third kappa shape index (κ3) is 7.78. The molecule has 2 aliphatic heterocycles. The first kappa shape index (κ1) is 27.1. The summed E-state index contributed by atoms with van der Waals surface area (Å²) in [5.41, 5.74) is 1.38. The quantitative estimate of drug-likeness (QED) is 0.384. The van der Waals surface area contributed by atoms with E-state index < -0.39 is 11.9 Å². The van der Waals surface area contributed by atoms with Gasteiger partial charge in [-0.1, -0.05) is 31.9 Å². The molecule has 0 radical (unpaired) electrons. The van der Waals surface area contributed by atoms with Gasteiger partial charge >= 0.3 is 11.9 Å².